The van der Waals surface area contributed by atoms with Crippen molar-refractivity contribution < 1.29 is 9.53 Å². The maximum absolute atomic E-state index is 12.5. The Morgan fingerprint density at radius 1 is 1.36 bits per heavy atom. The van der Waals surface area contributed by atoms with Crippen LogP contribution in [0.5, 0.6) is 0 Å². The fourth-order valence-corrected chi connectivity index (χ4v) is 4.02. The Morgan fingerprint density at radius 2 is 2.12 bits per heavy atom. The highest BCUT2D eigenvalue weighted by Crippen LogP contribution is 2.24. The van der Waals surface area contributed by atoms with E-state index in [2.05, 4.69) is 34.3 Å². The molecule has 2 atom stereocenters. The maximum Gasteiger partial charge on any atom is 0.242 e. The zero-order valence-electron chi connectivity index (χ0n) is 15.6. The zero-order valence-corrected chi connectivity index (χ0v) is 15.6. The second-order valence-corrected chi connectivity index (χ2v) is 7.71. The number of hydrogen-bond donors (Lipinski definition) is 1. The first-order valence-corrected chi connectivity index (χ1v) is 9.26. The quantitative estimate of drug-likeness (QED) is 0.803. The van der Waals surface area contributed by atoms with E-state index in [1.807, 2.05) is 13.1 Å². The molecule has 2 saturated heterocycles. The number of amides is 1. The highest BCUT2D eigenvalue weighted by Gasteiger charge is 2.37. The van der Waals surface area contributed by atoms with Gasteiger partial charge >= 0.3 is 0 Å². The van der Waals surface area contributed by atoms with E-state index in [0.29, 0.717) is 12.0 Å². The van der Waals surface area contributed by atoms with E-state index in [9.17, 15) is 4.79 Å². The summed E-state index contributed by atoms with van der Waals surface area (Å²) in [4.78, 5) is 17.2. The number of rotatable bonds is 6. The van der Waals surface area contributed by atoms with Gasteiger partial charge in [0.15, 0.2) is 0 Å². The molecule has 0 bridgehead atoms. The lowest BCUT2D eigenvalue weighted by molar-refractivity contribution is -0.122. The summed E-state index contributed by atoms with van der Waals surface area (Å²) in [5.74, 6) is 0.506. The highest BCUT2D eigenvalue weighted by molar-refractivity contribution is 5.76. The molecule has 25 heavy (non-hydrogen) atoms. The van der Waals surface area contributed by atoms with Gasteiger partial charge in [-0.1, -0.05) is 0 Å². The fraction of sp³-hybridized carbons (Fsp3) is 0.778. The number of nitrogens with zero attached hydrogens (tertiary/aromatic N) is 4. The van der Waals surface area contributed by atoms with Crippen LogP contribution >= 0.6 is 0 Å². The van der Waals surface area contributed by atoms with Gasteiger partial charge in [-0.3, -0.25) is 14.4 Å². The van der Waals surface area contributed by atoms with E-state index < -0.39 is 0 Å². The van der Waals surface area contributed by atoms with Crippen LogP contribution in [0.2, 0.25) is 0 Å². The lowest BCUT2D eigenvalue weighted by Gasteiger charge is -2.31. The first-order valence-electron chi connectivity index (χ1n) is 9.26. The van der Waals surface area contributed by atoms with Crippen LogP contribution in [0.1, 0.15) is 18.4 Å². The standard InChI is InChI=1S/C18H31N5O2/c1-14-8-19-23(9-14)13-18(24)20-17-12-22(11-15(17)10-21(2)3)16-4-6-25-7-5-16/h8-9,15-17H,4-7,10-13H2,1-3H3,(H,20,24)/t15-,17-/m1/s1. The normalized spacial score (nSPS) is 25.6. The van der Waals surface area contributed by atoms with Crippen LogP contribution in [0.4, 0.5) is 0 Å². The molecule has 0 aromatic carbocycles. The molecule has 7 nitrogen and oxygen atoms in total. The van der Waals surface area contributed by atoms with Gasteiger partial charge in [0.2, 0.25) is 5.91 Å². The Bertz CT molecular complexity index is 568. The van der Waals surface area contributed by atoms with Crippen molar-refractivity contribution >= 4 is 5.91 Å². The molecule has 2 aliphatic rings. The van der Waals surface area contributed by atoms with Crippen LogP contribution in [0, 0.1) is 12.8 Å². The lowest BCUT2D eigenvalue weighted by atomic mass is 10.0. The predicted molar refractivity (Wildman–Crippen MR) is 96.4 cm³/mol. The van der Waals surface area contributed by atoms with Crippen molar-refractivity contribution in [1.82, 2.24) is 24.9 Å². The average Bonchev–Trinajstić information content (AvgIpc) is 3.14. The molecule has 3 rings (SSSR count). The fourth-order valence-electron chi connectivity index (χ4n) is 4.02. The number of hydrogen-bond acceptors (Lipinski definition) is 5. The summed E-state index contributed by atoms with van der Waals surface area (Å²) in [5, 5.41) is 7.47. The topological polar surface area (TPSA) is 62.6 Å². The van der Waals surface area contributed by atoms with Crippen LogP contribution in [0.3, 0.4) is 0 Å². The van der Waals surface area contributed by atoms with E-state index in [0.717, 1.165) is 51.3 Å². The van der Waals surface area contributed by atoms with Crippen LogP contribution in [0.25, 0.3) is 0 Å². The minimum absolute atomic E-state index is 0.0469. The van der Waals surface area contributed by atoms with Crippen molar-refractivity contribution in [3.63, 3.8) is 0 Å². The molecule has 0 spiro atoms. The third-order valence-corrected chi connectivity index (χ3v) is 5.19. The Morgan fingerprint density at radius 3 is 2.76 bits per heavy atom. The molecule has 0 unspecified atom stereocenters. The van der Waals surface area contributed by atoms with Crippen LogP contribution in [-0.4, -0.2) is 84.5 Å². The van der Waals surface area contributed by atoms with Crippen molar-refractivity contribution in [2.24, 2.45) is 5.92 Å². The second-order valence-electron chi connectivity index (χ2n) is 7.71. The number of nitrogens with one attached hydrogen (secondary N) is 1. The molecule has 1 aromatic heterocycles. The molecule has 0 aliphatic carbocycles. The number of likely N-dealkylation sites (tertiary alicyclic amines) is 1. The molecule has 1 aromatic rings. The van der Waals surface area contributed by atoms with Crippen molar-refractivity contribution in [3.8, 4) is 0 Å². The lowest BCUT2D eigenvalue weighted by Crippen LogP contribution is -2.45. The molecular formula is C18H31N5O2. The zero-order chi connectivity index (χ0) is 17.8. The third kappa shape index (κ3) is 5.03. The maximum atomic E-state index is 12.5. The Hall–Kier alpha value is -1.44. The summed E-state index contributed by atoms with van der Waals surface area (Å²) in [6.45, 7) is 6.96. The van der Waals surface area contributed by atoms with E-state index in [1.165, 1.54) is 0 Å². The van der Waals surface area contributed by atoms with Crippen molar-refractivity contribution in [2.75, 3.05) is 46.9 Å². The van der Waals surface area contributed by atoms with Crippen LogP contribution in [0.15, 0.2) is 12.4 Å². The molecule has 2 aliphatic heterocycles. The molecule has 0 saturated carbocycles. The van der Waals surface area contributed by atoms with Gasteiger partial charge in [-0.2, -0.15) is 5.10 Å². The monoisotopic (exact) mass is 349 g/mol. The van der Waals surface area contributed by atoms with Gasteiger partial charge in [0.25, 0.3) is 0 Å². The Kier molecular flexibility index (Phi) is 6.09. The Balaban J connectivity index is 1.59. The minimum atomic E-state index is 0.0469. The molecule has 7 heteroatoms. The van der Waals surface area contributed by atoms with Gasteiger partial charge in [-0.15, -0.1) is 0 Å². The summed E-state index contributed by atoms with van der Waals surface area (Å²) in [6.07, 6.45) is 5.88. The van der Waals surface area contributed by atoms with Crippen molar-refractivity contribution in [3.05, 3.63) is 18.0 Å². The van der Waals surface area contributed by atoms with Crippen LogP contribution in [-0.2, 0) is 16.1 Å². The smallest absolute Gasteiger partial charge is 0.242 e. The second kappa shape index (κ2) is 8.29. The van der Waals surface area contributed by atoms with Gasteiger partial charge in [0.1, 0.15) is 6.54 Å². The number of ether oxygens (including phenoxy) is 1. The van der Waals surface area contributed by atoms with Gasteiger partial charge in [-0.05, 0) is 39.4 Å². The van der Waals surface area contributed by atoms with E-state index in [4.69, 9.17) is 4.74 Å². The number of carbonyl (C=O) groups is 1. The molecule has 1 amide bonds. The molecule has 140 valence electrons. The largest absolute Gasteiger partial charge is 0.381 e. The third-order valence-electron chi connectivity index (χ3n) is 5.19. The predicted octanol–water partition coefficient (Wildman–Crippen LogP) is 0.349. The number of carbonyl (C=O) groups excluding carboxylic acids is 1. The van der Waals surface area contributed by atoms with Gasteiger partial charge in [0.05, 0.1) is 6.20 Å². The SMILES string of the molecule is Cc1cnn(CC(=O)N[C@@H]2CN(C3CCOCC3)C[C@H]2CN(C)C)c1. The van der Waals surface area contributed by atoms with Crippen molar-refractivity contribution in [2.45, 2.75) is 38.4 Å². The van der Waals surface area contributed by atoms with E-state index in [-0.39, 0.29) is 18.5 Å². The number of aromatic nitrogens is 2. The summed E-state index contributed by atoms with van der Waals surface area (Å²) in [5.41, 5.74) is 1.07. The molecule has 3 heterocycles. The van der Waals surface area contributed by atoms with E-state index >= 15 is 0 Å². The summed E-state index contributed by atoms with van der Waals surface area (Å²) in [7, 11) is 4.20. The summed E-state index contributed by atoms with van der Waals surface area (Å²) < 4.78 is 7.20. The van der Waals surface area contributed by atoms with Gasteiger partial charge in [-0.25, -0.2) is 0 Å². The average molecular weight is 349 g/mol. The summed E-state index contributed by atoms with van der Waals surface area (Å²) in [6, 6.07) is 0.795. The van der Waals surface area contributed by atoms with Gasteiger partial charge in [0, 0.05) is 57.0 Å². The first kappa shape index (κ1) is 18.4. The highest BCUT2D eigenvalue weighted by atomic mass is 16.5. The van der Waals surface area contributed by atoms with Gasteiger partial charge < -0.3 is 15.0 Å². The van der Waals surface area contributed by atoms with Crippen LogP contribution < -0.4 is 5.32 Å². The molecular weight excluding hydrogens is 318 g/mol. The molecule has 2 fully saturated rings. The summed E-state index contributed by atoms with van der Waals surface area (Å²) >= 11 is 0. The van der Waals surface area contributed by atoms with Crippen molar-refractivity contribution in [1.29, 1.82) is 0 Å². The first-order chi connectivity index (χ1) is 12.0. The molecule has 1 N–H and O–H groups in total. The number of aryl methyl sites for hydroxylation is 1. The van der Waals surface area contributed by atoms with E-state index in [1.54, 1.807) is 10.9 Å². The minimum Gasteiger partial charge on any atom is -0.381 e. The molecule has 0 radical (unpaired) electrons. The Labute approximate surface area is 150 Å².